The summed E-state index contributed by atoms with van der Waals surface area (Å²) in [7, 11) is 0. The van der Waals surface area contributed by atoms with E-state index in [1.807, 2.05) is 13.8 Å². The number of amides is 2. The predicted octanol–water partition coefficient (Wildman–Crippen LogP) is -0.455. The third-order valence-corrected chi connectivity index (χ3v) is 5.38. The first-order valence-electron chi connectivity index (χ1n) is 8.85. The number of hydrogen-bond donors (Lipinski definition) is 5. The molecule has 0 unspecified atom stereocenters. The topological polar surface area (TPSA) is 159 Å². The van der Waals surface area contributed by atoms with Crippen LogP contribution in [0.5, 0.6) is 0 Å². The molecule has 0 spiro atoms. The van der Waals surface area contributed by atoms with E-state index in [0.717, 1.165) is 0 Å². The number of carboxylic acid groups (broad SMARTS) is 2. The van der Waals surface area contributed by atoms with Gasteiger partial charge in [-0.05, 0) is 38.0 Å². The van der Waals surface area contributed by atoms with Gasteiger partial charge in [-0.2, -0.15) is 0 Å². The number of carbonyl (C=O) groups excluding carboxylic acids is 2. The van der Waals surface area contributed by atoms with Gasteiger partial charge in [0, 0.05) is 5.92 Å². The van der Waals surface area contributed by atoms with Crippen molar-refractivity contribution in [3.8, 4) is 0 Å². The summed E-state index contributed by atoms with van der Waals surface area (Å²) < 4.78 is 0. The van der Waals surface area contributed by atoms with Crippen LogP contribution >= 0.6 is 0 Å². The molecule has 0 aromatic rings. The van der Waals surface area contributed by atoms with Gasteiger partial charge >= 0.3 is 11.9 Å². The minimum Gasteiger partial charge on any atom is -0.481 e. The molecule has 2 saturated carbocycles. The smallest absolute Gasteiger partial charge is 0.329 e. The zero-order valence-corrected chi connectivity index (χ0v) is 15.2. The minimum atomic E-state index is -1.60. The Morgan fingerprint density at radius 2 is 1.77 bits per heavy atom. The number of nitrogens with two attached hydrogens (primary N) is 1. The molecule has 2 aliphatic carbocycles. The maximum absolute atomic E-state index is 12.8. The molecule has 146 valence electrons. The van der Waals surface area contributed by atoms with E-state index in [4.69, 9.17) is 5.73 Å². The average Bonchev–Trinajstić information content (AvgIpc) is 3.14. The molecule has 2 rings (SSSR count). The van der Waals surface area contributed by atoms with Gasteiger partial charge in [0.05, 0.1) is 12.0 Å². The normalized spacial score (nSPS) is 31.7. The molecule has 6 N–H and O–H groups in total. The van der Waals surface area contributed by atoms with Gasteiger partial charge in [0.25, 0.3) is 0 Å². The molecule has 0 heterocycles. The fourth-order valence-electron chi connectivity index (χ4n) is 4.06. The van der Waals surface area contributed by atoms with Crippen molar-refractivity contribution in [2.24, 2.45) is 29.4 Å². The summed E-state index contributed by atoms with van der Waals surface area (Å²) in [6.45, 7) is 5.23. The summed E-state index contributed by atoms with van der Waals surface area (Å²) in [5, 5.41) is 24.1. The van der Waals surface area contributed by atoms with Crippen LogP contribution in [0.15, 0.2) is 0 Å². The van der Waals surface area contributed by atoms with Crippen molar-refractivity contribution in [3.05, 3.63) is 0 Å². The molecule has 0 bridgehead atoms. The van der Waals surface area contributed by atoms with Gasteiger partial charge < -0.3 is 26.6 Å². The Kier molecular flexibility index (Phi) is 5.60. The molecule has 2 fully saturated rings. The largest absolute Gasteiger partial charge is 0.481 e. The standard InChI is InChI=1S/C17H27N3O6/c1-7(2)6-10(19-13(21)8(3)18)14(22)20-17(16(25)26)5-4-9-11(12(9)17)15(23)24/h7-12H,4-6,18H2,1-3H3,(H,19,21)(H,20,22)(H,23,24)(H,25,26)/t8-,9-,10-,11-,12-,17-/m0/s1. The second kappa shape index (κ2) is 7.22. The van der Waals surface area contributed by atoms with Gasteiger partial charge in [-0.3, -0.25) is 14.4 Å². The molecule has 0 aromatic carbocycles. The summed E-state index contributed by atoms with van der Waals surface area (Å²) in [4.78, 5) is 47.9. The van der Waals surface area contributed by atoms with Crippen LogP contribution < -0.4 is 16.4 Å². The van der Waals surface area contributed by atoms with E-state index in [2.05, 4.69) is 10.6 Å². The van der Waals surface area contributed by atoms with Gasteiger partial charge in [-0.15, -0.1) is 0 Å². The number of carboxylic acids is 2. The third-order valence-electron chi connectivity index (χ3n) is 5.38. The van der Waals surface area contributed by atoms with Crippen molar-refractivity contribution in [2.75, 3.05) is 0 Å². The van der Waals surface area contributed by atoms with Crippen molar-refractivity contribution < 1.29 is 29.4 Å². The number of fused-ring (bicyclic) bond motifs is 1. The van der Waals surface area contributed by atoms with E-state index in [-0.39, 0.29) is 18.3 Å². The van der Waals surface area contributed by atoms with Crippen LogP contribution in [0.25, 0.3) is 0 Å². The molecule has 0 aromatic heterocycles. The Morgan fingerprint density at radius 3 is 2.19 bits per heavy atom. The van der Waals surface area contributed by atoms with Crippen molar-refractivity contribution in [1.82, 2.24) is 10.6 Å². The maximum atomic E-state index is 12.8. The van der Waals surface area contributed by atoms with Crippen LogP contribution in [0.3, 0.4) is 0 Å². The summed E-state index contributed by atoms with van der Waals surface area (Å²) in [5.41, 5.74) is 3.93. The lowest BCUT2D eigenvalue weighted by molar-refractivity contribution is -0.150. The highest BCUT2D eigenvalue weighted by Gasteiger charge is 2.72. The van der Waals surface area contributed by atoms with Gasteiger partial charge in [-0.1, -0.05) is 13.8 Å². The van der Waals surface area contributed by atoms with Crippen molar-refractivity contribution in [2.45, 2.75) is 57.7 Å². The van der Waals surface area contributed by atoms with Gasteiger partial charge in [-0.25, -0.2) is 4.79 Å². The summed E-state index contributed by atoms with van der Waals surface area (Å²) >= 11 is 0. The van der Waals surface area contributed by atoms with Crippen molar-refractivity contribution in [1.29, 1.82) is 0 Å². The number of aliphatic carboxylic acids is 2. The maximum Gasteiger partial charge on any atom is 0.329 e. The molecular formula is C17H27N3O6. The molecule has 0 radical (unpaired) electrons. The Bertz CT molecular complexity index is 620. The quantitative estimate of drug-likeness (QED) is 0.387. The molecule has 0 saturated heterocycles. The first-order chi connectivity index (χ1) is 12.0. The SMILES string of the molecule is CC(C)C[C@H](NC(=O)[C@H](C)N)C(=O)N[C@@]1(C(=O)O)CC[C@H]2[C@H](C(=O)O)[C@H]21. The number of nitrogens with one attached hydrogen (secondary N) is 2. The summed E-state index contributed by atoms with van der Waals surface area (Å²) in [6.07, 6.45) is 0.939. The highest BCUT2D eigenvalue weighted by atomic mass is 16.4. The molecule has 0 aliphatic heterocycles. The molecule has 2 amide bonds. The van der Waals surface area contributed by atoms with E-state index in [1.54, 1.807) is 0 Å². The molecule has 2 aliphatic rings. The van der Waals surface area contributed by atoms with Gasteiger partial charge in [0.2, 0.25) is 11.8 Å². The van der Waals surface area contributed by atoms with Gasteiger partial charge in [0.1, 0.15) is 11.6 Å². The zero-order valence-electron chi connectivity index (χ0n) is 15.2. The van der Waals surface area contributed by atoms with E-state index in [9.17, 15) is 29.4 Å². The summed E-state index contributed by atoms with van der Waals surface area (Å²) in [6, 6.07) is -1.73. The third kappa shape index (κ3) is 3.67. The second-order valence-electron chi connectivity index (χ2n) is 7.84. The fraction of sp³-hybridized carbons (Fsp3) is 0.765. The van der Waals surface area contributed by atoms with Crippen molar-refractivity contribution >= 4 is 23.8 Å². The minimum absolute atomic E-state index is 0.0731. The monoisotopic (exact) mass is 369 g/mol. The Morgan fingerprint density at radius 1 is 1.15 bits per heavy atom. The molecular weight excluding hydrogens is 342 g/mol. The average molecular weight is 369 g/mol. The van der Waals surface area contributed by atoms with E-state index >= 15 is 0 Å². The zero-order chi connectivity index (χ0) is 19.8. The lowest BCUT2D eigenvalue weighted by Gasteiger charge is -2.31. The fourth-order valence-corrected chi connectivity index (χ4v) is 4.06. The first-order valence-corrected chi connectivity index (χ1v) is 8.85. The number of rotatable bonds is 8. The van der Waals surface area contributed by atoms with Crippen LogP contribution in [-0.4, -0.2) is 51.6 Å². The Hall–Kier alpha value is -2.16. The van der Waals surface area contributed by atoms with Crippen LogP contribution in [-0.2, 0) is 19.2 Å². The molecule has 26 heavy (non-hydrogen) atoms. The van der Waals surface area contributed by atoms with E-state index in [0.29, 0.717) is 12.8 Å². The van der Waals surface area contributed by atoms with Gasteiger partial charge in [0.15, 0.2) is 0 Å². The Balaban J connectivity index is 2.18. The summed E-state index contributed by atoms with van der Waals surface area (Å²) in [5.74, 6) is -4.92. The Labute approximate surface area is 151 Å². The van der Waals surface area contributed by atoms with E-state index < -0.39 is 53.2 Å². The lowest BCUT2D eigenvalue weighted by atomic mass is 9.89. The highest BCUT2D eigenvalue weighted by Crippen LogP contribution is 2.62. The lowest BCUT2D eigenvalue weighted by Crippen LogP contribution is -2.61. The van der Waals surface area contributed by atoms with E-state index in [1.165, 1.54) is 6.92 Å². The number of hydrogen-bond acceptors (Lipinski definition) is 5. The second-order valence-corrected chi connectivity index (χ2v) is 7.84. The molecule has 9 heteroatoms. The first kappa shape index (κ1) is 20.2. The van der Waals surface area contributed by atoms with Crippen molar-refractivity contribution in [3.63, 3.8) is 0 Å². The molecule has 6 atom stereocenters. The predicted molar refractivity (Wildman–Crippen MR) is 90.9 cm³/mol. The van der Waals surface area contributed by atoms with Crippen LogP contribution in [0, 0.1) is 23.7 Å². The highest BCUT2D eigenvalue weighted by molar-refractivity contribution is 5.94. The van der Waals surface area contributed by atoms with Crippen LogP contribution in [0.1, 0.15) is 40.0 Å². The van der Waals surface area contributed by atoms with Crippen LogP contribution in [0.4, 0.5) is 0 Å². The van der Waals surface area contributed by atoms with Crippen LogP contribution in [0.2, 0.25) is 0 Å². The molecule has 9 nitrogen and oxygen atoms in total. The number of carbonyl (C=O) groups is 4.